The molecule has 0 bridgehead atoms. The molecular weight excluding hydrogens is 230 g/mol. The second-order valence-corrected chi connectivity index (χ2v) is 6.48. The van der Waals surface area contributed by atoms with Gasteiger partial charge in [-0.3, -0.25) is 13.7 Å². The minimum Gasteiger partial charge on any atom is -0.400 e. The molecule has 86 valence electrons. The first-order chi connectivity index (χ1) is 6.29. The summed E-state index contributed by atoms with van der Waals surface area (Å²) >= 11 is 0. The molecule has 1 aliphatic heterocycles. The van der Waals surface area contributed by atoms with Gasteiger partial charge in [0.05, 0.1) is 0 Å². The van der Waals surface area contributed by atoms with Gasteiger partial charge >= 0.3 is 0 Å². The third-order valence-electron chi connectivity index (χ3n) is 1.18. The lowest BCUT2D eigenvalue weighted by atomic mass is 10.1. The van der Waals surface area contributed by atoms with Crippen molar-refractivity contribution in [2.75, 3.05) is 7.11 Å². The molecule has 0 saturated heterocycles. The van der Waals surface area contributed by atoms with Crippen molar-refractivity contribution in [3.05, 3.63) is 0 Å². The van der Waals surface area contributed by atoms with E-state index in [2.05, 4.69) is 5.16 Å². The van der Waals surface area contributed by atoms with E-state index in [1.54, 1.807) is 0 Å². The Labute approximate surface area is 87.9 Å². The molecule has 0 spiro atoms. The monoisotopic (exact) mass is 245 g/mol. The lowest BCUT2D eigenvalue weighted by Crippen LogP contribution is -2.18. The number of aliphatic hydroxyl groups excluding tert-OH is 1. The van der Waals surface area contributed by atoms with Crippen LogP contribution in [0.3, 0.4) is 0 Å². The fourth-order valence-corrected chi connectivity index (χ4v) is 2.55. The summed E-state index contributed by atoms with van der Waals surface area (Å²) in [4.78, 5) is 4.95. The Kier molecular flexibility index (Phi) is 5.20. The molecule has 1 rings (SSSR count). The van der Waals surface area contributed by atoms with E-state index >= 15 is 0 Å². The van der Waals surface area contributed by atoms with Crippen molar-refractivity contribution in [1.82, 2.24) is 0 Å². The van der Waals surface area contributed by atoms with E-state index in [0.717, 1.165) is 7.11 Å². The molecule has 0 fully saturated rings. The molecule has 1 aliphatic rings. The number of nitrogens with zero attached hydrogens (tertiary/aromatic N) is 1. The number of hydrogen-bond acceptors (Lipinski definition) is 7. The molecule has 0 aromatic rings. The first-order valence-corrected chi connectivity index (χ1v) is 6.52. The number of oxime groups is 1. The van der Waals surface area contributed by atoms with E-state index in [1.807, 2.05) is 13.8 Å². The van der Waals surface area contributed by atoms with Crippen LogP contribution in [0, 0.1) is 0 Å². The maximum absolute atomic E-state index is 8.67. The van der Waals surface area contributed by atoms with Gasteiger partial charge in [0.2, 0.25) is 0 Å². The van der Waals surface area contributed by atoms with Gasteiger partial charge in [-0.05, 0) is 13.8 Å². The van der Waals surface area contributed by atoms with E-state index in [-0.39, 0.29) is 0 Å². The second kappa shape index (κ2) is 5.19. The highest BCUT2D eigenvalue weighted by Crippen LogP contribution is 2.51. The van der Waals surface area contributed by atoms with Crippen LogP contribution < -0.4 is 0 Å². The van der Waals surface area contributed by atoms with Gasteiger partial charge in [-0.25, -0.2) is 0 Å². The molecule has 0 aromatic carbocycles. The van der Waals surface area contributed by atoms with Crippen LogP contribution in [-0.4, -0.2) is 36.5 Å². The molecule has 6 nitrogen and oxygen atoms in total. The van der Waals surface area contributed by atoms with E-state index in [4.69, 9.17) is 23.6 Å². The standard InChI is InChI=1S/C5H11NO4S2.CH4O/c1-5(2)3-4(6-10-5)11-12(7,8)9;1-2/h7-9H,3H2,1-2H3;2H,1H3. The summed E-state index contributed by atoms with van der Waals surface area (Å²) in [7, 11) is -2.01. The Balaban J connectivity index is 0.000000791. The average Bonchev–Trinajstić information content (AvgIpc) is 2.31. The van der Waals surface area contributed by atoms with Gasteiger partial charge in [0.25, 0.3) is 0 Å². The third kappa shape index (κ3) is 5.68. The fraction of sp³-hybridized carbons (Fsp3) is 0.833. The molecule has 14 heavy (non-hydrogen) atoms. The van der Waals surface area contributed by atoms with Crippen LogP contribution in [0.15, 0.2) is 5.16 Å². The van der Waals surface area contributed by atoms with E-state index in [9.17, 15) is 0 Å². The van der Waals surface area contributed by atoms with Crippen molar-refractivity contribution in [3.63, 3.8) is 0 Å². The molecule has 0 atom stereocenters. The van der Waals surface area contributed by atoms with Gasteiger partial charge < -0.3 is 9.94 Å². The Hall–Kier alpha value is 0.01000. The fourth-order valence-electron chi connectivity index (χ4n) is 0.777. The van der Waals surface area contributed by atoms with Crippen molar-refractivity contribution in [1.29, 1.82) is 0 Å². The van der Waals surface area contributed by atoms with E-state index < -0.39 is 15.5 Å². The number of hydrogen-bond donors (Lipinski definition) is 4. The Morgan fingerprint density at radius 1 is 1.36 bits per heavy atom. The van der Waals surface area contributed by atoms with Crippen LogP contribution in [0.5, 0.6) is 0 Å². The first kappa shape index (κ1) is 14.0. The smallest absolute Gasteiger partial charge is 0.146 e. The summed E-state index contributed by atoms with van der Waals surface area (Å²) in [5.41, 5.74) is -0.410. The van der Waals surface area contributed by atoms with Crippen molar-refractivity contribution >= 4 is 25.7 Å². The summed E-state index contributed by atoms with van der Waals surface area (Å²) < 4.78 is 26.0. The largest absolute Gasteiger partial charge is 0.400 e. The molecule has 8 heteroatoms. The van der Waals surface area contributed by atoms with Crippen LogP contribution in [0.1, 0.15) is 20.3 Å². The Morgan fingerprint density at radius 3 is 2.14 bits per heavy atom. The molecule has 0 aromatic heterocycles. The lowest BCUT2D eigenvalue weighted by molar-refractivity contribution is 0.0123. The van der Waals surface area contributed by atoms with Crippen LogP contribution >= 0.6 is 20.7 Å². The van der Waals surface area contributed by atoms with Gasteiger partial charge in [0.15, 0.2) is 0 Å². The van der Waals surface area contributed by atoms with Crippen molar-refractivity contribution in [2.45, 2.75) is 25.9 Å². The summed E-state index contributed by atoms with van der Waals surface area (Å²) in [6.07, 6.45) is 0.480. The van der Waals surface area contributed by atoms with E-state index in [0.29, 0.717) is 22.3 Å². The van der Waals surface area contributed by atoms with Gasteiger partial charge in [-0.15, -0.1) is 0 Å². The molecule has 0 amide bonds. The molecule has 1 heterocycles. The van der Waals surface area contributed by atoms with Gasteiger partial charge in [0.1, 0.15) is 20.5 Å². The quantitative estimate of drug-likeness (QED) is 0.527. The molecule has 4 N–H and O–H groups in total. The molecule has 0 radical (unpaired) electrons. The molecule has 0 saturated carbocycles. The number of rotatable bonds is 1. The first-order valence-electron chi connectivity index (χ1n) is 3.68. The van der Waals surface area contributed by atoms with Crippen molar-refractivity contribution in [2.24, 2.45) is 5.16 Å². The average molecular weight is 245 g/mol. The highest BCUT2D eigenvalue weighted by atomic mass is 33.2. The molecule has 0 aliphatic carbocycles. The van der Waals surface area contributed by atoms with Crippen LogP contribution in [0.2, 0.25) is 0 Å². The van der Waals surface area contributed by atoms with Gasteiger partial charge in [-0.2, -0.15) is 0 Å². The highest BCUT2D eigenvalue weighted by Gasteiger charge is 2.32. The summed E-state index contributed by atoms with van der Waals surface area (Å²) in [5, 5.41) is 11.0. The van der Waals surface area contributed by atoms with Crippen molar-refractivity contribution < 1.29 is 23.6 Å². The van der Waals surface area contributed by atoms with Gasteiger partial charge in [-0.1, -0.05) is 5.16 Å². The maximum atomic E-state index is 8.67. The maximum Gasteiger partial charge on any atom is 0.146 e. The lowest BCUT2D eigenvalue weighted by Gasteiger charge is -2.17. The number of aliphatic hydroxyl groups is 1. The highest BCUT2D eigenvalue weighted by molar-refractivity contribution is 8.91. The minimum absolute atomic E-state index is 0.405. The Bertz CT molecular complexity index is 213. The SMILES string of the molecule is CC1(C)CC(SS(O)(O)O)=NO1.CO. The van der Waals surface area contributed by atoms with Crippen LogP contribution in [-0.2, 0) is 4.84 Å². The normalized spacial score (nSPS) is 20.4. The molecule has 0 unspecified atom stereocenters. The Morgan fingerprint density at radius 2 is 1.86 bits per heavy atom. The minimum atomic E-state index is -3.55. The third-order valence-corrected chi connectivity index (χ3v) is 3.06. The zero-order valence-electron chi connectivity index (χ0n) is 8.17. The van der Waals surface area contributed by atoms with Crippen molar-refractivity contribution in [3.8, 4) is 0 Å². The second-order valence-electron chi connectivity index (χ2n) is 3.06. The van der Waals surface area contributed by atoms with Crippen LogP contribution in [0.4, 0.5) is 0 Å². The summed E-state index contributed by atoms with van der Waals surface area (Å²) in [6.45, 7) is 3.65. The zero-order chi connectivity index (χ0) is 11.4. The predicted molar refractivity (Wildman–Crippen MR) is 58.4 cm³/mol. The summed E-state index contributed by atoms with van der Waals surface area (Å²) in [5.74, 6) is 0. The summed E-state index contributed by atoms with van der Waals surface area (Å²) in [6, 6.07) is 0. The van der Waals surface area contributed by atoms with Gasteiger partial charge in [0, 0.05) is 24.3 Å². The van der Waals surface area contributed by atoms with Crippen LogP contribution in [0.25, 0.3) is 0 Å². The predicted octanol–water partition coefficient (Wildman–Crippen LogP) is 1.98. The van der Waals surface area contributed by atoms with E-state index in [1.165, 1.54) is 0 Å². The molecular formula is C6H15NO5S2. The zero-order valence-corrected chi connectivity index (χ0v) is 9.80. The topological polar surface area (TPSA) is 103 Å².